The van der Waals surface area contributed by atoms with E-state index in [1.54, 1.807) is 19.9 Å². The fraction of sp³-hybridized carbons (Fsp3) is 0.300. The van der Waals surface area contributed by atoms with Gasteiger partial charge in [-0.1, -0.05) is 0 Å². The van der Waals surface area contributed by atoms with Gasteiger partial charge in [0.1, 0.15) is 11.4 Å². The summed E-state index contributed by atoms with van der Waals surface area (Å²) in [6, 6.07) is 5.89. The fourth-order valence-corrected chi connectivity index (χ4v) is 3.04. The molecule has 11 heteroatoms. The van der Waals surface area contributed by atoms with E-state index in [-0.39, 0.29) is 28.8 Å². The van der Waals surface area contributed by atoms with Gasteiger partial charge in [-0.05, 0) is 33.8 Å². The topological polar surface area (TPSA) is 134 Å². The highest BCUT2D eigenvalue weighted by Gasteiger charge is 2.26. The maximum absolute atomic E-state index is 13.0. The molecule has 0 unspecified atom stereocenters. The lowest BCUT2D eigenvalue weighted by Gasteiger charge is -2.12. The highest BCUT2D eigenvalue weighted by Crippen LogP contribution is 2.35. The van der Waals surface area contributed by atoms with E-state index in [0.29, 0.717) is 12.3 Å². The minimum absolute atomic E-state index is 0.162. The molecule has 0 aliphatic carbocycles. The van der Waals surface area contributed by atoms with Crippen LogP contribution in [0.15, 0.2) is 24.3 Å². The Morgan fingerprint density at radius 3 is 2.35 bits per heavy atom. The van der Waals surface area contributed by atoms with E-state index in [1.807, 2.05) is 19.9 Å². The first-order chi connectivity index (χ1) is 14.7. The van der Waals surface area contributed by atoms with Crippen molar-refractivity contribution in [1.82, 2.24) is 19.7 Å². The molecule has 0 spiro atoms. The first-order valence-corrected chi connectivity index (χ1v) is 9.43. The van der Waals surface area contributed by atoms with Crippen molar-refractivity contribution in [3.63, 3.8) is 0 Å². The third kappa shape index (κ3) is 4.60. The van der Waals surface area contributed by atoms with Gasteiger partial charge in [0.15, 0.2) is 11.5 Å². The summed E-state index contributed by atoms with van der Waals surface area (Å²) in [5.74, 6) is 0.231. The molecule has 11 nitrogen and oxygen atoms in total. The standard InChI is InChI=1S/C20H22N6O5/c1-6-31-17-9-14(15(26(28)29)10-16(17)30-5)19(27)23-18-8-13(4)24-25(18)20-21-11(2)7-12(3)22-20/h7-10H,6H2,1-5H3,(H,23,27). The Balaban J connectivity index is 2.04. The van der Waals surface area contributed by atoms with Gasteiger partial charge in [-0.2, -0.15) is 9.78 Å². The van der Waals surface area contributed by atoms with Crippen molar-refractivity contribution in [2.45, 2.75) is 27.7 Å². The number of amides is 1. The van der Waals surface area contributed by atoms with Gasteiger partial charge in [-0.15, -0.1) is 0 Å². The van der Waals surface area contributed by atoms with Crippen LogP contribution in [-0.2, 0) is 0 Å². The molecule has 0 aliphatic rings. The van der Waals surface area contributed by atoms with Crippen molar-refractivity contribution in [2.75, 3.05) is 19.0 Å². The number of nitrogens with one attached hydrogen (secondary N) is 1. The number of methoxy groups -OCH3 is 1. The second-order valence-electron chi connectivity index (χ2n) is 6.70. The molecule has 1 N–H and O–H groups in total. The van der Waals surface area contributed by atoms with Crippen LogP contribution >= 0.6 is 0 Å². The average Bonchev–Trinajstić information content (AvgIpc) is 3.07. The summed E-state index contributed by atoms with van der Waals surface area (Å²) in [4.78, 5) is 32.7. The van der Waals surface area contributed by atoms with Gasteiger partial charge in [0.2, 0.25) is 0 Å². The summed E-state index contributed by atoms with van der Waals surface area (Å²) in [5.41, 5.74) is 1.49. The van der Waals surface area contributed by atoms with Crippen molar-refractivity contribution in [3.8, 4) is 17.4 Å². The molecule has 0 radical (unpaired) electrons. The number of nitro groups is 1. The smallest absolute Gasteiger partial charge is 0.286 e. The summed E-state index contributed by atoms with van der Waals surface area (Å²) >= 11 is 0. The van der Waals surface area contributed by atoms with Crippen LogP contribution in [0, 0.1) is 30.9 Å². The molecular weight excluding hydrogens is 404 g/mol. The molecule has 2 heterocycles. The Bertz CT molecular complexity index is 1140. The Morgan fingerprint density at radius 1 is 1.10 bits per heavy atom. The number of carbonyl (C=O) groups is 1. The van der Waals surface area contributed by atoms with E-state index in [2.05, 4.69) is 20.4 Å². The van der Waals surface area contributed by atoms with E-state index >= 15 is 0 Å². The summed E-state index contributed by atoms with van der Waals surface area (Å²) in [7, 11) is 1.37. The third-order valence-corrected chi connectivity index (χ3v) is 4.26. The van der Waals surface area contributed by atoms with Gasteiger partial charge >= 0.3 is 0 Å². The normalized spacial score (nSPS) is 10.6. The fourth-order valence-electron chi connectivity index (χ4n) is 3.04. The molecule has 162 valence electrons. The molecule has 0 atom stereocenters. The second-order valence-corrected chi connectivity index (χ2v) is 6.70. The zero-order chi connectivity index (χ0) is 22.7. The lowest BCUT2D eigenvalue weighted by atomic mass is 10.1. The number of benzene rings is 1. The van der Waals surface area contributed by atoms with E-state index in [9.17, 15) is 14.9 Å². The van der Waals surface area contributed by atoms with Crippen molar-refractivity contribution in [3.05, 3.63) is 57.0 Å². The molecule has 1 amide bonds. The molecule has 31 heavy (non-hydrogen) atoms. The molecule has 3 aromatic rings. The van der Waals surface area contributed by atoms with Crippen LogP contribution in [0.4, 0.5) is 11.5 Å². The van der Waals surface area contributed by atoms with E-state index in [4.69, 9.17) is 9.47 Å². The maximum atomic E-state index is 13.0. The first kappa shape index (κ1) is 21.7. The lowest BCUT2D eigenvalue weighted by molar-refractivity contribution is -0.385. The highest BCUT2D eigenvalue weighted by atomic mass is 16.6. The Labute approximate surface area is 178 Å². The van der Waals surface area contributed by atoms with Gasteiger partial charge in [0.05, 0.1) is 30.4 Å². The summed E-state index contributed by atoms with van der Waals surface area (Å²) in [6.45, 7) is 7.44. The number of carbonyl (C=O) groups excluding carboxylic acids is 1. The molecule has 0 saturated heterocycles. The van der Waals surface area contributed by atoms with Gasteiger partial charge < -0.3 is 14.8 Å². The Morgan fingerprint density at radius 2 is 1.77 bits per heavy atom. The first-order valence-electron chi connectivity index (χ1n) is 9.43. The van der Waals surface area contributed by atoms with Crippen molar-refractivity contribution >= 4 is 17.4 Å². The zero-order valence-corrected chi connectivity index (χ0v) is 17.8. The number of hydrogen-bond acceptors (Lipinski definition) is 8. The van der Waals surface area contributed by atoms with Crippen LogP contribution in [0.1, 0.15) is 34.4 Å². The molecular formula is C20H22N6O5. The van der Waals surface area contributed by atoms with Crippen molar-refractivity contribution in [1.29, 1.82) is 0 Å². The average molecular weight is 426 g/mol. The monoisotopic (exact) mass is 426 g/mol. The maximum Gasteiger partial charge on any atom is 0.286 e. The molecule has 1 aromatic carbocycles. The molecule has 0 saturated carbocycles. The minimum Gasteiger partial charge on any atom is -0.493 e. The van der Waals surface area contributed by atoms with Crippen LogP contribution < -0.4 is 14.8 Å². The molecule has 3 rings (SSSR count). The highest BCUT2D eigenvalue weighted by molar-refractivity contribution is 6.07. The second kappa shape index (κ2) is 8.78. The number of aromatic nitrogens is 4. The van der Waals surface area contributed by atoms with Gasteiger partial charge in [0.25, 0.3) is 17.5 Å². The summed E-state index contributed by atoms with van der Waals surface area (Å²) in [5, 5.41) is 18.6. The molecule has 0 bridgehead atoms. The SMILES string of the molecule is CCOc1cc(C(=O)Nc2cc(C)nn2-c2nc(C)cc(C)n2)c([N+](=O)[O-])cc1OC. The number of aryl methyl sites for hydroxylation is 3. The van der Waals surface area contributed by atoms with Crippen LogP contribution in [0.5, 0.6) is 11.5 Å². The summed E-state index contributed by atoms with van der Waals surface area (Å²) < 4.78 is 12.0. The molecule has 2 aromatic heterocycles. The van der Waals surface area contributed by atoms with Crippen molar-refractivity contribution in [2.24, 2.45) is 0 Å². The molecule has 0 aliphatic heterocycles. The lowest BCUT2D eigenvalue weighted by Crippen LogP contribution is -2.18. The Kier molecular flexibility index (Phi) is 6.14. The molecule has 0 fully saturated rings. The van der Waals surface area contributed by atoms with E-state index in [1.165, 1.54) is 17.9 Å². The van der Waals surface area contributed by atoms with Crippen LogP contribution in [0.25, 0.3) is 5.95 Å². The quantitative estimate of drug-likeness (QED) is 0.450. The van der Waals surface area contributed by atoms with Crippen LogP contribution in [0.2, 0.25) is 0 Å². The van der Waals surface area contributed by atoms with E-state index < -0.39 is 16.5 Å². The number of nitrogens with zero attached hydrogens (tertiary/aromatic N) is 5. The number of rotatable bonds is 7. The van der Waals surface area contributed by atoms with Crippen LogP contribution in [0.3, 0.4) is 0 Å². The zero-order valence-electron chi connectivity index (χ0n) is 17.8. The predicted molar refractivity (Wildman–Crippen MR) is 112 cm³/mol. The number of nitro benzene ring substituents is 1. The number of hydrogen-bond donors (Lipinski definition) is 1. The Hall–Kier alpha value is -4.02. The predicted octanol–water partition coefficient (Wildman–Crippen LogP) is 3.16. The van der Waals surface area contributed by atoms with Gasteiger partial charge in [-0.3, -0.25) is 14.9 Å². The van der Waals surface area contributed by atoms with Crippen LogP contribution in [-0.4, -0.2) is 44.3 Å². The largest absolute Gasteiger partial charge is 0.493 e. The van der Waals surface area contributed by atoms with Gasteiger partial charge in [0, 0.05) is 23.5 Å². The minimum atomic E-state index is -0.708. The number of ether oxygens (including phenoxy) is 2. The third-order valence-electron chi connectivity index (χ3n) is 4.26. The van der Waals surface area contributed by atoms with Crippen molar-refractivity contribution < 1.29 is 19.2 Å². The van der Waals surface area contributed by atoms with E-state index in [0.717, 1.165) is 17.5 Å². The van der Waals surface area contributed by atoms with Gasteiger partial charge in [-0.25, -0.2) is 9.97 Å². The summed E-state index contributed by atoms with van der Waals surface area (Å²) in [6.07, 6.45) is 0. The number of anilines is 1.